The van der Waals surface area contributed by atoms with Gasteiger partial charge in [0, 0.05) is 6.42 Å². The smallest absolute Gasteiger partial charge is 0.338 e. The maximum absolute atomic E-state index is 12.3. The normalized spacial score (nSPS) is 13.1. The summed E-state index contributed by atoms with van der Waals surface area (Å²) in [5.41, 5.74) is 4.33. The molecule has 0 aliphatic carbocycles. The molecule has 1 N–H and O–H groups in total. The number of carbonyl (C=O) groups is 3. The molecule has 3 rings (SSSR count). The largest absolute Gasteiger partial charge is 0.457 e. The molecule has 2 aromatic carbocycles. The summed E-state index contributed by atoms with van der Waals surface area (Å²) >= 11 is 0. The van der Waals surface area contributed by atoms with Crippen molar-refractivity contribution in [3.63, 3.8) is 0 Å². The molecule has 0 spiro atoms. The number of rotatable bonds is 6. The van der Waals surface area contributed by atoms with Crippen molar-refractivity contribution in [1.29, 1.82) is 0 Å². The van der Waals surface area contributed by atoms with Gasteiger partial charge in [-0.3, -0.25) is 20.0 Å². The monoisotopic (exact) mass is 338 g/mol. The lowest BCUT2D eigenvalue weighted by molar-refractivity contribution is -0.149. The van der Waals surface area contributed by atoms with E-state index in [0.29, 0.717) is 24.1 Å². The van der Waals surface area contributed by atoms with Crippen LogP contribution in [-0.2, 0) is 27.4 Å². The van der Waals surface area contributed by atoms with Crippen LogP contribution in [0.25, 0.3) is 0 Å². The van der Waals surface area contributed by atoms with Crippen LogP contribution in [0.2, 0.25) is 0 Å². The third-order valence-electron chi connectivity index (χ3n) is 3.91. The molecular formula is C19H18N2O4. The number of hydrogen-bond acceptors (Lipinski definition) is 4. The van der Waals surface area contributed by atoms with Crippen molar-refractivity contribution >= 4 is 17.8 Å². The molecule has 128 valence electrons. The topological polar surface area (TPSA) is 75.7 Å². The van der Waals surface area contributed by atoms with Gasteiger partial charge in [0.15, 0.2) is 0 Å². The fraction of sp³-hybridized carbons (Fsp3) is 0.211. The van der Waals surface area contributed by atoms with Gasteiger partial charge in [0.2, 0.25) is 11.8 Å². The van der Waals surface area contributed by atoms with Crippen LogP contribution in [0.1, 0.15) is 27.9 Å². The second-order valence-electron chi connectivity index (χ2n) is 5.73. The van der Waals surface area contributed by atoms with Gasteiger partial charge in [-0.2, -0.15) is 0 Å². The van der Waals surface area contributed by atoms with E-state index in [9.17, 15) is 14.4 Å². The first-order valence-corrected chi connectivity index (χ1v) is 8.02. The minimum Gasteiger partial charge on any atom is -0.457 e. The molecular weight excluding hydrogens is 320 g/mol. The number of ether oxygens (including phenoxy) is 1. The lowest BCUT2D eigenvalue weighted by Crippen LogP contribution is -2.54. The van der Waals surface area contributed by atoms with E-state index in [0.717, 1.165) is 5.56 Å². The quantitative estimate of drug-likeness (QED) is 0.644. The summed E-state index contributed by atoms with van der Waals surface area (Å²) in [5.74, 6) is -0.924. The van der Waals surface area contributed by atoms with E-state index >= 15 is 0 Å². The first-order valence-electron chi connectivity index (χ1n) is 8.02. The number of nitrogens with one attached hydrogen (secondary N) is 1. The van der Waals surface area contributed by atoms with E-state index in [4.69, 9.17) is 4.74 Å². The highest BCUT2D eigenvalue weighted by Crippen LogP contribution is 2.13. The van der Waals surface area contributed by atoms with Crippen LogP contribution in [0.3, 0.4) is 0 Å². The fourth-order valence-corrected chi connectivity index (χ4v) is 2.47. The summed E-state index contributed by atoms with van der Waals surface area (Å²) in [6.07, 6.45) is 0.447. The van der Waals surface area contributed by atoms with E-state index in [1.54, 1.807) is 24.3 Å². The van der Waals surface area contributed by atoms with Crippen LogP contribution in [0.15, 0.2) is 54.6 Å². The zero-order valence-electron chi connectivity index (χ0n) is 13.6. The van der Waals surface area contributed by atoms with Gasteiger partial charge < -0.3 is 4.74 Å². The van der Waals surface area contributed by atoms with E-state index in [1.807, 2.05) is 30.3 Å². The van der Waals surface area contributed by atoms with E-state index < -0.39 is 5.97 Å². The first kappa shape index (κ1) is 16.7. The summed E-state index contributed by atoms with van der Waals surface area (Å²) < 4.78 is 5.33. The molecule has 1 heterocycles. The second-order valence-corrected chi connectivity index (χ2v) is 5.73. The number of benzene rings is 2. The fourth-order valence-electron chi connectivity index (χ4n) is 2.47. The summed E-state index contributed by atoms with van der Waals surface area (Å²) in [5, 5.41) is 1.28. The summed E-state index contributed by atoms with van der Waals surface area (Å²) in [4.78, 5) is 35.7. The van der Waals surface area contributed by atoms with Crippen molar-refractivity contribution in [3.8, 4) is 0 Å². The Morgan fingerprint density at radius 2 is 1.76 bits per heavy atom. The molecule has 0 aromatic heterocycles. The second kappa shape index (κ2) is 7.61. The van der Waals surface area contributed by atoms with Crippen molar-refractivity contribution in [1.82, 2.24) is 10.4 Å². The zero-order chi connectivity index (χ0) is 17.6. The van der Waals surface area contributed by atoms with Crippen LogP contribution < -0.4 is 5.43 Å². The number of hydrogen-bond donors (Lipinski definition) is 1. The average Bonchev–Trinajstić information content (AvgIpc) is 2.64. The third-order valence-corrected chi connectivity index (χ3v) is 3.91. The van der Waals surface area contributed by atoms with Crippen LogP contribution in [0.5, 0.6) is 0 Å². The highest BCUT2D eigenvalue weighted by atomic mass is 16.5. The molecule has 0 radical (unpaired) electrons. The molecule has 1 aliphatic rings. The van der Waals surface area contributed by atoms with Gasteiger partial charge in [0.05, 0.1) is 18.5 Å². The van der Waals surface area contributed by atoms with Gasteiger partial charge in [0.1, 0.15) is 6.61 Å². The molecule has 1 fully saturated rings. The third kappa shape index (κ3) is 4.23. The molecule has 2 amide bonds. The maximum atomic E-state index is 12.3. The van der Waals surface area contributed by atoms with Crippen molar-refractivity contribution in [2.75, 3.05) is 6.54 Å². The number of nitrogens with zero attached hydrogens (tertiary/aromatic N) is 1. The van der Waals surface area contributed by atoms with Crippen LogP contribution in [-0.4, -0.2) is 29.3 Å². The molecule has 0 bridgehead atoms. The SMILES string of the molecule is O=C(Cc1ccccc1C(=O)OCc1ccccc1)NN1CCC1=O. The Morgan fingerprint density at radius 3 is 2.44 bits per heavy atom. The van der Waals surface area contributed by atoms with Gasteiger partial charge in [-0.15, -0.1) is 0 Å². The Bertz CT molecular complexity index is 789. The van der Waals surface area contributed by atoms with E-state index in [1.165, 1.54) is 5.01 Å². The molecule has 0 atom stereocenters. The number of β-lactam (4-membered cyclic amide) rings is 1. The minimum atomic E-state index is -0.479. The molecule has 0 unspecified atom stereocenters. The van der Waals surface area contributed by atoms with Gasteiger partial charge in [-0.1, -0.05) is 48.5 Å². The Kier molecular flexibility index (Phi) is 5.09. The molecule has 1 aliphatic heterocycles. The summed E-state index contributed by atoms with van der Waals surface area (Å²) in [7, 11) is 0. The Labute approximate surface area is 145 Å². The van der Waals surface area contributed by atoms with Gasteiger partial charge in [0.25, 0.3) is 0 Å². The lowest BCUT2D eigenvalue weighted by Gasteiger charge is -2.30. The number of esters is 1. The number of carbonyl (C=O) groups excluding carboxylic acids is 3. The molecule has 2 aromatic rings. The molecule has 6 nitrogen and oxygen atoms in total. The molecule has 6 heteroatoms. The lowest BCUT2D eigenvalue weighted by atomic mass is 10.0. The average molecular weight is 338 g/mol. The predicted molar refractivity (Wildman–Crippen MR) is 90.2 cm³/mol. The van der Waals surface area contributed by atoms with Gasteiger partial charge in [-0.05, 0) is 17.2 Å². The number of hydrazine groups is 1. The Morgan fingerprint density at radius 1 is 1.04 bits per heavy atom. The van der Waals surface area contributed by atoms with Crippen molar-refractivity contribution in [2.24, 2.45) is 0 Å². The van der Waals surface area contributed by atoms with E-state index in [-0.39, 0.29) is 24.8 Å². The van der Waals surface area contributed by atoms with Gasteiger partial charge in [-0.25, -0.2) is 4.79 Å². The van der Waals surface area contributed by atoms with Crippen LogP contribution in [0, 0.1) is 0 Å². The van der Waals surface area contributed by atoms with Crippen molar-refractivity contribution in [3.05, 3.63) is 71.3 Å². The summed E-state index contributed by atoms with van der Waals surface area (Å²) in [6.45, 7) is 0.688. The molecule has 0 saturated carbocycles. The van der Waals surface area contributed by atoms with Crippen molar-refractivity contribution in [2.45, 2.75) is 19.4 Å². The number of amides is 2. The van der Waals surface area contributed by atoms with Crippen molar-refractivity contribution < 1.29 is 19.1 Å². The van der Waals surface area contributed by atoms with Crippen LogP contribution >= 0.6 is 0 Å². The molecule has 1 saturated heterocycles. The molecule has 25 heavy (non-hydrogen) atoms. The predicted octanol–water partition coefficient (Wildman–Crippen LogP) is 1.85. The summed E-state index contributed by atoms with van der Waals surface area (Å²) in [6, 6.07) is 16.2. The minimum absolute atomic E-state index is 0.000387. The Hall–Kier alpha value is -3.15. The maximum Gasteiger partial charge on any atom is 0.338 e. The Balaban J connectivity index is 1.62. The standard InChI is InChI=1S/C19H18N2O4/c22-17(20-21-11-10-18(21)23)12-15-8-4-5-9-16(15)19(24)25-13-14-6-2-1-3-7-14/h1-9H,10-13H2,(H,20,22). The highest BCUT2D eigenvalue weighted by molar-refractivity contribution is 5.93. The first-order chi connectivity index (χ1) is 12.1. The van der Waals surface area contributed by atoms with E-state index in [2.05, 4.69) is 5.43 Å². The zero-order valence-corrected chi connectivity index (χ0v) is 13.6. The van der Waals surface area contributed by atoms with Gasteiger partial charge >= 0.3 is 5.97 Å². The van der Waals surface area contributed by atoms with Crippen LogP contribution in [0.4, 0.5) is 0 Å². The highest BCUT2D eigenvalue weighted by Gasteiger charge is 2.25.